The second-order valence-electron chi connectivity index (χ2n) is 6.09. The molecule has 0 aromatic heterocycles. The molecule has 3 aromatic rings. The van der Waals surface area contributed by atoms with Gasteiger partial charge in [-0.25, -0.2) is 0 Å². The van der Waals surface area contributed by atoms with Gasteiger partial charge in [-0.05, 0) is 45.5 Å². The Bertz CT molecular complexity index is 1040. The third kappa shape index (κ3) is 1.89. The van der Waals surface area contributed by atoms with Crippen LogP contribution in [-0.4, -0.2) is 0 Å². The summed E-state index contributed by atoms with van der Waals surface area (Å²) in [4.78, 5) is 0. The lowest BCUT2D eigenvalue weighted by Gasteiger charge is -2.24. The Hall–Kier alpha value is -1.86. The lowest BCUT2D eigenvalue weighted by Crippen LogP contribution is -2.16. The van der Waals surface area contributed by atoms with Crippen LogP contribution in [0.5, 0.6) is 0 Å². The summed E-state index contributed by atoms with van der Waals surface area (Å²) in [5.41, 5.74) is 5.40. The summed E-state index contributed by atoms with van der Waals surface area (Å²) in [5.74, 6) is 0. The van der Waals surface area contributed by atoms with E-state index in [4.69, 9.17) is 5.48 Å². The van der Waals surface area contributed by atoms with Crippen LogP contribution in [0.4, 0.5) is 0 Å². The highest BCUT2D eigenvalue weighted by molar-refractivity contribution is 9.10. The second kappa shape index (κ2) is 4.82. The summed E-state index contributed by atoms with van der Waals surface area (Å²) in [7, 11) is 0. The van der Waals surface area contributed by atoms with Crippen molar-refractivity contribution in [1.29, 1.82) is 0 Å². The van der Waals surface area contributed by atoms with Gasteiger partial charge in [-0.15, -0.1) is 0 Å². The van der Waals surface area contributed by atoms with Crippen molar-refractivity contribution in [3.8, 4) is 22.3 Å². The molecule has 0 radical (unpaired) electrons. The van der Waals surface area contributed by atoms with E-state index < -0.39 is 0 Å². The van der Waals surface area contributed by atoms with Gasteiger partial charge in [0.1, 0.15) is 0 Å². The van der Waals surface area contributed by atoms with E-state index in [1.807, 2.05) is 24.3 Å². The molecule has 0 aliphatic heterocycles. The average molecular weight is 353 g/mol. The first-order valence-corrected chi connectivity index (χ1v) is 8.05. The number of halogens is 1. The van der Waals surface area contributed by atoms with Crippen molar-refractivity contribution in [3.05, 3.63) is 82.2 Å². The molecular weight excluding hydrogens is 332 g/mol. The number of fused-ring (bicyclic) bond motifs is 3. The lowest BCUT2D eigenvalue weighted by atomic mass is 9.79. The summed E-state index contributed by atoms with van der Waals surface area (Å²) in [6.45, 7) is 4.30. The quantitative estimate of drug-likeness (QED) is 0.473. The molecule has 0 fully saturated rings. The molecule has 1 aliphatic carbocycles. The van der Waals surface area contributed by atoms with Gasteiger partial charge < -0.3 is 0 Å². The predicted octanol–water partition coefficient (Wildman–Crippen LogP) is 6.42. The molecule has 3 aromatic carbocycles. The van der Waals surface area contributed by atoms with E-state index in [1.54, 1.807) is 0 Å². The number of hydrogen-bond acceptors (Lipinski definition) is 0. The Morgan fingerprint density at radius 2 is 1.45 bits per heavy atom. The van der Waals surface area contributed by atoms with E-state index in [9.17, 15) is 0 Å². The van der Waals surface area contributed by atoms with Crippen molar-refractivity contribution in [2.45, 2.75) is 19.3 Å². The third-order valence-electron chi connectivity index (χ3n) is 4.44. The standard InChI is InChI=1S/C21H17Br/c1-21(2)19-9-4-3-6-17(19)18-8-5-7-16(20(18)21)14-10-12-15(22)13-11-14/h3-13H,1-2H3/i10D,11D,12D,13D. The van der Waals surface area contributed by atoms with Gasteiger partial charge in [-0.2, -0.15) is 0 Å². The fraction of sp³-hybridized carbons (Fsp3) is 0.143. The molecule has 0 saturated heterocycles. The number of rotatable bonds is 1. The molecule has 4 rings (SSSR count). The highest BCUT2D eigenvalue weighted by atomic mass is 79.9. The molecule has 0 bridgehead atoms. The minimum Gasteiger partial charge on any atom is -0.0619 e. The predicted molar refractivity (Wildman–Crippen MR) is 97.1 cm³/mol. The highest BCUT2D eigenvalue weighted by Gasteiger charge is 2.36. The first-order chi connectivity index (χ1) is 12.3. The zero-order valence-electron chi connectivity index (χ0n) is 16.4. The SMILES string of the molecule is [2H]c1c([2H])c(-c2cccc3c2C(C)(C)c2ccccc2-3)c([2H])c([2H])c1Br. The molecule has 0 spiro atoms. The van der Waals surface area contributed by atoms with Gasteiger partial charge in [-0.1, -0.05) is 84.3 Å². The molecule has 0 N–H and O–H groups in total. The van der Waals surface area contributed by atoms with Crippen molar-refractivity contribution in [2.75, 3.05) is 0 Å². The Morgan fingerprint density at radius 1 is 0.818 bits per heavy atom. The van der Waals surface area contributed by atoms with Gasteiger partial charge in [0.05, 0.1) is 5.48 Å². The van der Waals surface area contributed by atoms with Crippen LogP contribution in [0.15, 0.2) is 71.1 Å². The van der Waals surface area contributed by atoms with Crippen LogP contribution in [0, 0.1) is 0 Å². The van der Waals surface area contributed by atoms with E-state index in [0.29, 0.717) is 5.56 Å². The number of hydrogen-bond donors (Lipinski definition) is 0. The molecule has 0 heterocycles. The molecular formula is C21H17Br. The Labute approximate surface area is 145 Å². The summed E-state index contributed by atoms with van der Waals surface area (Å²) in [6.07, 6.45) is 0. The fourth-order valence-electron chi connectivity index (χ4n) is 3.49. The Balaban J connectivity index is 2.12. The normalized spacial score (nSPS) is 17.0. The van der Waals surface area contributed by atoms with E-state index in [0.717, 1.165) is 16.7 Å². The van der Waals surface area contributed by atoms with Crippen molar-refractivity contribution in [2.24, 2.45) is 0 Å². The fourth-order valence-corrected chi connectivity index (χ4v) is 3.69. The molecule has 0 amide bonds. The largest absolute Gasteiger partial charge is 0.0635 e. The average Bonchev–Trinajstić information content (AvgIpc) is 2.87. The maximum Gasteiger partial charge on any atom is 0.0635 e. The summed E-state index contributed by atoms with van der Waals surface area (Å²) in [5, 5.41) is 0. The van der Waals surface area contributed by atoms with Gasteiger partial charge in [0.2, 0.25) is 0 Å². The second-order valence-corrected chi connectivity index (χ2v) is 6.88. The van der Waals surface area contributed by atoms with Crippen LogP contribution in [0.2, 0.25) is 0 Å². The Kier molecular flexibility index (Phi) is 2.20. The van der Waals surface area contributed by atoms with E-state index in [-0.39, 0.29) is 34.1 Å². The number of benzene rings is 3. The Morgan fingerprint density at radius 3 is 2.23 bits per heavy atom. The minimum atomic E-state index is -0.279. The topological polar surface area (TPSA) is 0 Å². The molecule has 108 valence electrons. The van der Waals surface area contributed by atoms with Crippen LogP contribution < -0.4 is 0 Å². The van der Waals surface area contributed by atoms with Crippen LogP contribution in [-0.2, 0) is 5.41 Å². The van der Waals surface area contributed by atoms with E-state index >= 15 is 0 Å². The monoisotopic (exact) mass is 352 g/mol. The minimum absolute atomic E-state index is 0.0157. The van der Waals surface area contributed by atoms with Crippen molar-refractivity contribution in [1.82, 2.24) is 0 Å². The maximum absolute atomic E-state index is 8.44. The van der Waals surface area contributed by atoms with Gasteiger partial charge in [0.15, 0.2) is 0 Å². The summed E-state index contributed by atoms with van der Waals surface area (Å²) < 4.78 is 33.4. The highest BCUT2D eigenvalue weighted by Crippen LogP contribution is 2.51. The molecule has 22 heavy (non-hydrogen) atoms. The first-order valence-electron chi connectivity index (χ1n) is 9.26. The van der Waals surface area contributed by atoms with E-state index in [2.05, 4.69) is 48.0 Å². The molecule has 0 nitrogen and oxygen atoms in total. The molecule has 1 aliphatic rings. The summed E-state index contributed by atoms with van der Waals surface area (Å²) in [6, 6.07) is 14.1. The zero-order valence-corrected chi connectivity index (χ0v) is 14.0. The third-order valence-corrected chi connectivity index (χ3v) is 4.84. The molecule has 1 heteroatoms. The summed E-state index contributed by atoms with van der Waals surface area (Å²) >= 11 is 3.18. The van der Waals surface area contributed by atoms with Gasteiger partial charge >= 0.3 is 0 Å². The van der Waals surface area contributed by atoms with Gasteiger partial charge in [-0.3, -0.25) is 0 Å². The van der Waals surface area contributed by atoms with E-state index in [1.165, 1.54) is 11.1 Å². The van der Waals surface area contributed by atoms with Crippen molar-refractivity contribution >= 4 is 15.9 Å². The smallest absolute Gasteiger partial charge is 0.0619 e. The molecule has 0 saturated carbocycles. The van der Waals surface area contributed by atoms with Crippen LogP contribution in [0.25, 0.3) is 22.3 Å². The van der Waals surface area contributed by atoms with Crippen LogP contribution >= 0.6 is 15.9 Å². The first kappa shape index (κ1) is 10.0. The van der Waals surface area contributed by atoms with Crippen LogP contribution in [0.3, 0.4) is 0 Å². The maximum atomic E-state index is 8.44. The van der Waals surface area contributed by atoms with Crippen molar-refractivity contribution in [3.63, 3.8) is 0 Å². The molecule has 0 atom stereocenters. The van der Waals surface area contributed by atoms with Crippen LogP contribution in [0.1, 0.15) is 30.5 Å². The van der Waals surface area contributed by atoms with Crippen molar-refractivity contribution < 1.29 is 5.48 Å². The van der Waals surface area contributed by atoms with Gasteiger partial charge in [0.25, 0.3) is 0 Å². The van der Waals surface area contributed by atoms with Gasteiger partial charge in [0, 0.05) is 9.89 Å². The lowest BCUT2D eigenvalue weighted by molar-refractivity contribution is 0.662. The zero-order chi connectivity index (χ0) is 18.8. The molecule has 0 unspecified atom stereocenters.